The number of aliphatic hydroxyl groups excluding tert-OH is 1. The summed E-state index contributed by atoms with van der Waals surface area (Å²) in [5, 5.41) is 62.1. The van der Waals surface area contributed by atoms with Crippen LogP contribution in [-0.2, 0) is 17.1 Å². The first-order valence-electron chi connectivity index (χ1n) is 33.0. The number of carboxylic acids is 1. The van der Waals surface area contributed by atoms with Crippen LogP contribution >= 0.6 is 22.6 Å². The van der Waals surface area contributed by atoms with Crippen LogP contribution in [0.15, 0.2) is 97.1 Å². The molecule has 0 saturated carbocycles. The van der Waals surface area contributed by atoms with Gasteiger partial charge in [-0.3, -0.25) is 44.4 Å². The van der Waals surface area contributed by atoms with Crippen molar-refractivity contribution in [2.75, 3.05) is 120 Å². The van der Waals surface area contributed by atoms with Crippen molar-refractivity contribution < 1.29 is 167 Å². The molecule has 122 heavy (non-hydrogen) atoms. The summed E-state index contributed by atoms with van der Waals surface area (Å²) < 4.78 is 85.1. The Morgan fingerprint density at radius 1 is 0.385 bits per heavy atom. The van der Waals surface area contributed by atoms with Crippen molar-refractivity contribution in [3.05, 3.63) is 169 Å². The smallest absolute Gasteiger partial charge is 0.870 e. The summed E-state index contributed by atoms with van der Waals surface area (Å²) in [6, 6.07) is 27.7. The summed E-state index contributed by atoms with van der Waals surface area (Å²) in [4.78, 5) is 75.8. The van der Waals surface area contributed by atoms with Crippen LogP contribution < -0.4 is 111 Å². The fraction of sp³-hybridized carbons (Fsp3) is 0.277. The molecule has 0 bridgehead atoms. The standard InChI is InChI=1S/C19H19N3O6.C19H17N3O5.C19H18N2O7.C18H17IN2O5.C2H6O.CN.5CH4.Cu.Na.H2O/c1-25-11-6-5-10-15(14(11)19(20)24)21-22-16(10)17(23)9-7-12(26-2)18(28-4)13(8-9)27-3;1-24-13-6-5-11-16(12(13)9-20)21-22-17(11)18(23)10-7-14(25-2)19(27-4)15(8-10)26-3;1-25-11-6-5-10-15(14(11)19(23)24)20-21-16(10)17(22)9-7-12(26-2)18(28-4)13(8-9)27-3;1-23-11-6-5-10-15(14(11)19)20-21-16(10)17(22)9-7-12(24-2)18(26-4)13(8-9)25-3;1-2-3;1-2;;;;;;;;/h5-8H,1-4H3,(H2,20,24)(H,21,22);5-8H,1-4H3,(H,21,22);5-8H,1-4H3,(H,20,21)(H,23,24);5-8H,1-4H3,(H,20,21);3H,2H2,1H3;;5*1H4;;;1H2/q;;;;;-1;;;;;;2*+1;/p-1. The molecular formula is C83H98CuIN11NaO25. The van der Waals surface area contributed by atoms with Crippen LogP contribution in [-0.4, -0.2) is 212 Å². The number of fused-ring (bicyclic) bond motifs is 4. The third kappa shape index (κ3) is 23.0. The predicted octanol–water partition coefficient (Wildman–Crippen LogP) is 10.7. The van der Waals surface area contributed by atoms with Crippen molar-refractivity contribution in [1.82, 2.24) is 40.8 Å². The minimum absolute atomic E-state index is 0. The number of benzene rings is 8. The molecular weight excluding hydrogens is 1760 g/mol. The average molecular weight is 1860 g/mol. The number of H-pyrrole nitrogens is 4. The fourth-order valence-electron chi connectivity index (χ4n) is 11.6. The number of halogens is 1. The minimum Gasteiger partial charge on any atom is -0.870 e. The topological polar surface area (TPSA) is 509 Å². The molecule has 4 aromatic heterocycles. The quantitative estimate of drug-likeness (QED) is 0.0115. The Kier molecular flexibility index (Phi) is 47.1. The number of ether oxygens (including phenoxy) is 16. The number of nitriles is 1. The summed E-state index contributed by atoms with van der Waals surface area (Å²) in [6.45, 7) is 6.68. The van der Waals surface area contributed by atoms with Crippen LogP contribution in [0.2, 0.25) is 0 Å². The maximum atomic E-state index is 13.1. The molecule has 0 saturated heterocycles. The summed E-state index contributed by atoms with van der Waals surface area (Å²) in [5.74, 6) is 2.69. The third-order valence-corrected chi connectivity index (χ3v) is 17.8. The maximum Gasteiger partial charge on any atom is 1.00 e. The third-order valence-electron chi connectivity index (χ3n) is 16.8. The van der Waals surface area contributed by atoms with Gasteiger partial charge in [0.25, 0.3) is 5.91 Å². The molecule has 0 unspecified atom stereocenters. The van der Waals surface area contributed by atoms with Crippen LogP contribution in [0, 0.1) is 26.7 Å². The number of rotatable bonds is 26. The largest absolute Gasteiger partial charge is 1.00 e. The molecule has 0 radical (unpaired) electrons. The van der Waals surface area contributed by atoms with E-state index in [0.29, 0.717) is 130 Å². The summed E-state index contributed by atoms with van der Waals surface area (Å²) in [7, 11) is 23.6. The van der Waals surface area contributed by atoms with Crippen LogP contribution in [0.25, 0.3) is 43.6 Å². The number of ketones is 4. The van der Waals surface area contributed by atoms with E-state index in [1.807, 2.05) is 12.1 Å². The predicted molar refractivity (Wildman–Crippen MR) is 455 cm³/mol. The van der Waals surface area contributed by atoms with Crippen molar-refractivity contribution in [3.63, 3.8) is 0 Å². The Hall–Kier alpha value is -12.8. The number of methoxy groups -OCH3 is 16. The van der Waals surface area contributed by atoms with Gasteiger partial charge in [0.2, 0.25) is 46.1 Å². The first-order valence-corrected chi connectivity index (χ1v) is 34.1. The SMILES string of the molecule is C.C.C.C.C.CCO.COc1cc(C(=O)c2[nH]nc3c(C#N)c(OC)ccc23)cc(OC)c1OC.COc1cc(C(=O)c2[nH]nc3c(C(=O)O)c(OC)ccc23)cc(OC)c1OC.COc1cc(C(=O)c2[nH]nc3c(C(N)=O)c(OC)ccc23)cc(OC)c1OC.COc1cc(C(=O)c2[nH]nc3c(I)c(OC)ccc23)cc(OC)c1OC.[C-]#N.[Cu+].[Na+].[OH-]. The number of aromatic nitrogens is 8. The van der Waals surface area contributed by atoms with E-state index in [1.54, 1.807) is 68.6 Å². The van der Waals surface area contributed by atoms with E-state index in [0.717, 1.165) is 3.57 Å². The number of nitrogens with two attached hydrogens (primary N) is 1. The first kappa shape index (κ1) is 111. The van der Waals surface area contributed by atoms with Crippen molar-refractivity contribution in [1.29, 1.82) is 10.5 Å². The number of aromatic carboxylic acids is 1. The number of aliphatic hydroxyl groups is 1. The maximum absolute atomic E-state index is 13.1. The molecule has 0 aliphatic rings. The molecule has 0 aliphatic heterocycles. The average Bonchev–Trinajstić information content (AvgIpc) is 1.60. The van der Waals surface area contributed by atoms with Gasteiger partial charge in [0.05, 0.1) is 117 Å². The molecule has 39 heteroatoms. The second-order valence-corrected chi connectivity index (χ2v) is 23.6. The van der Waals surface area contributed by atoms with E-state index in [1.165, 1.54) is 137 Å². The van der Waals surface area contributed by atoms with Gasteiger partial charge in [-0.15, -0.1) is 0 Å². The fourth-order valence-corrected chi connectivity index (χ4v) is 12.4. The molecule has 8 aromatic carbocycles. The van der Waals surface area contributed by atoms with Gasteiger partial charge >= 0.3 is 52.6 Å². The van der Waals surface area contributed by atoms with Gasteiger partial charge in [0, 0.05) is 50.4 Å². The summed E-state index contributed by atoms with van der Waals surface area (Å²) in [5.41, 5.74) is 9.34. The van der Waals surface area contributed by atoms with E-state index in [9.17, 15) is 39.1 Å². The van der Waals surface area contributed by atoms with E-state index in [2.05, 4.69) is 69.4 Å². The molecule has 12 aromatic rings. The Balaban J connectivity index is 0. The number of hydrogen-bond acceptors (Lipinski definition) is 30. The van der Waals surface area contributed by atoms with Gasteiger partial charge in [-0.05, 0) is 127 Å². The van der Waals surface area contributed by atoms with Crippen LogP contribution in [0.3, 0.4) is 0 Å². The molecule has 1 amide bonds. The van der Waals surface area contributed by atoms with Crippen LogP contribution in [0.1, 0.15) is 135 Å². The minimum atomic E-state index is -1.21. The molecule has 9 N–H and O–H groups in total. The van der Waals surface area contributed by atoms with Crippen molar-refractivity contribution in [3.8, 4) is 98.1 Å². The van der Waals surface area contributed by atoms with Crippen molar-refractivity contribution >= 4 is 101 Å². The van der Waals surface area contributed by atoms with E-state index in [4.69, 9.17) is 98.5 Å². The van der Waals surface area contributed by atoms with Gasteiger partial charge in [0.15, 0.2) is 46.0 Å². The zero-order chi connectivity index (χ0) is 83.9. The molecule has 36 nitrogen and oxygen atoms in total. The zero-order valence-electron chi connectivity index (χ0n) is 66.2. The molecule has 0 spiro atoms. The van der Waals surface area contributed by atoms with Crippen LogP contribution in [0.4, 0.5) is 0 Å². The molecule has 0 fully saturated rings. The first-order chi connectivity index (χ1) is 55.0. The van der Waals surface area contributed by atoms with Gasteiger partial charge in [0.1, 0.15) is 90.6 Å². The number of primary amides is 1. The number of hydrogen-bond donors (Lipinski definition) is 7. The molecule has 0 aliphatic carbocycles. The number of carboxylic acid groups (broad SMARTS) is 1. The Morgan fingerprint density at radius 2 is 0.598 bits per heavy atom. The molecule has 12 rings (SSSR count). The van der Waals surface area contributed by atoms with E-state index in [-0.39, 0.29) is 181 Å². The summed E-state index contributed by atoms with van der Waals surface area (Å²) >= 11 is 2.15. The Labute approximate surface area is 751 Å². The number of carbonyl (C=O) groups is 6. The molecule has 654 valence electrons. The second-order valence-electron chi connectivity index (χ2n) is 22.6. The number of carbonyl (C=O) groups excluding carboxylic acids is 5. The normalized spacial score (nSPS) is 9.57. The monoisotopic (exact) mass is 1860 g/mol. The number of nitrogens with one attached hydrogen (secondary N) is 4. The molecule has 4 heterocycles. The van der Waals surface area contributed by atoms with E-state index < -0.39 is 17.7 Å². The Morgan fingerprint density at radius 3 is 0.836 bits per heavy atom. The zero-order valence-corrected chi connectivity index (χ0v) is 71.3. The number of nitrogens with zero attached hydrogens (tertiary/aromatic N) is 6. The molecule has 0 atom stereocenters. The summed E-state index contributed by atoms with van der Waals surface area (Å²) in [6.07, 6.45) is 0. The van der Waals surface area contributed by atoms with Gasteiger partial charge < -0.3 is 109 Å². The van der Waals surface area contributed by atoms with E-state index >= 15 is 0 Å². The van der Waals surface area contributed by atoms with Gasteiger partial charge in [-0.2, -0.15) is 25.7 Å². The van der Waals surface area contributed by atoms with Crippen molar-refractivity contribution in [2.24, 2.45) is 5.73 Å². The van der Waals surface area contributed by atoms with Gasteiger partial charge in [-0.1, -0.05) is 37.1 Å². The second kappa shape index (κ2) is 51.6. The van der Waals surface area contributed by atoms with Gasteiger partial charge in [-0.25, -0.2) is 4.79 Å². The number of amides is 1. The Bertz CT molecular complexity index is 5370. The number of aromatic amines is 4. The van der Waals surface area contributed by atoms with Crippen molar-refractivity contribution in [2.45, 2.75) is 44.1 Å². The van der Waals surface area contributed by atoms with Crippen LogP contribution in [0.5, 0.6) is 92.0 Å².